The van der Waals surface area contributed by atoms with Crippen LogP contribution in [-0.4, -0.2) is 20.1 Å². The Morgan fingerprint density at radius 1 is 1.13 bits per heavy atom. The van der Waals surface area contributed by atoms with Gasteiger partial charge in [0.25, 0.3) is 0 Å². The van der Waals surface area contributed by atoms with Crippen molar-refractivity contribution in [3.63, 3.8) is 0 Å². The minimum absolute atomic E-state index is 0.211. The molecule has 0 aliphatic heterocycles. The second-order valence-corrected chi connectivity index (χ2v) is 5.75. The molecule has 2 aromatic rings. The fourth-order valence-electron chi connectivity index (χ4n) is 2.04. The molecule has 0 spiro atoms. The largest absolute Gasteiger partial charge is 0.497 e. The van der Waals surface area contributed by atoms with Crippen LogP contribution in [0.4, 0.5) is 5.69 Å². The summed E-state index contributed by atoms with van der Waals surface area (Å²) in [5, 5.41) is 2.83. The van der Waals surface area contributed by atoms with E-state index in [4.69, 9.17) is 9.47 Å². The molecule has 0 saturated heterocycles. The summed E-state index contributed by atoms with van der Waals surface area (Å²) in [5.74, 6) is 1.17. The van der Waals surface area contributed by atoms with Crippen LogP contribution in [0.25, 0.3) is 6.08 Å². The smallest absolute Gasteiger partial charge is 0.248 e. The lowest BCUT2D eigenvalue weighted by Crippen LogP contribution is -2.07. The Morgan fingerprint density at radius 2 is 1.91 bits per heavy atom. The average molecular weight is 376 g/mol. The van der Waals surface area contributed by atoms with Gasteiger partial charge in [-0.3, -0.25) is 4.79 Å². The van der Waals surface area contributed by atoms with Crippen LogP contribution >= 0.6 is 15.9 Å². The lowest BCUT2D eigenvalue weighted by atomic mass is 10.1. The molecule has 0 unspecified atom stereocenters. The van der Waals surface area contributed by atoms with Crippen molar-refractivity contribution >= 4 is 33.6 Å². The van der Waals surface area contributed by atoms with E-state index < -0.39 is 0 Å². The summed E-state index contributed by atoms with van der Waals surface area (Å²) in [6.45, 7) is 1.97. The van der Waals surface area contributed by atoms with Crippen molar-refractivity contribution in [2.45, 2.75) is 6.92 Å². The van der Waals surface area contributed by atoms with Crippen molar-refractivity contribution in [3.05, 3.63) is 58.1 Å². The van der Waals surface area contributed by atoms with Crippen molar-refractivity contribution < 1.29 is 14.3 Å². The summed E-state index contributed by atoms with van der Waals surface area (Å²) in [7, 11) is 3.18. The van der Waals surface area contributed by atoms with E-state index in [0.717, 1.165) is 21.3 Å². The highest BCUT2D eigenvalue weighted by molar-refractivity contribution is 9.10. The summed E-state index contributed by atoms with van der Waals surface area (Å²) in [6, 6.07) is 11.1. The Labute approximate surface area is 144 Å². The van der Waals surface area contributed by atoms with E-state index in [1.807, 2.05) is 31.2 Å². The fourth-order valence-corrected chi connectivity index (χ4v) is 2.29. The average Bonchev–Trinajstić information content (AvgIpc) is 2.56. The Hall–Kier alpha value is -2.27. The Morgan fingerprint density at radius 3 is 2.57 bits per heavy atom. The third-order valence-electron chi connectivity index (χ3n) is 3.28. The number of carbonyl (C=O) groups excluding carboxylic acids is 1. The summed E-state index contributed by atoms with van der Waals surface area (Å²) < 4.78 is 11.5. The molecule has 0 radical (unpaired) electrons. The van der Waals surface area contributed by atoms with E-state index in [0.29, 0.717) is 11.5 Å². The van der Waals surface area contributed by atoms with Gasteiger partial charge < -0.3 is 14.8 Å². The van der Waals surface area contributed by atoms with E-state index in [2.05, 4.69) is 21.2 Å². The predicted molar refractivity (Wildman–Crippen MR) is 96.1 cm³/mol. The number of halogens is 1. The molecule has 2 aromatic carbocycles. The number of amides is 1. The summed E-state index contributed by atoms with van der Waals surface area (Å²) in [6.07, 6.45) is 3.16. The topological polar surface area (TPSA) is 47.6 Å². The zero-order chi connectivity index (χ0) is 16.8. The lowest BCUT2D eigenvalue weighted by Gasteiger charge is -2.07. The first-order valence-corrected chi connectivity index (χ1v) is 7.80. The quantitative estimate of drug-likeness (QED) is 0.786. The van der Waals surface area contributed by atoms with Crippen LogP contribution in [-0.2, 0) is 4.79 Å². The minimum Gasteiger partial charge on any atom is -0.497 e. The number of nitrogens with one attached hydrogen (secondary N) is 1. The van der Waals surface area contributed by atoms with Gasteiger partial charge in [0.05, 0.1) is 14.2 Å². The van der Waals surface area contributed by atoms with Crippen molar-refractivity contribution in [1.82, 2.24) is 0 Å². The standard InChI is InChI=1S/C18H18BrNO3/c1-12-10-14(5-7-16(12)19)20-18(21)9-4-13-11-15(22-2)6-8-17(13)23-3/h4-11H,1-3H3,(H,20,21)/b9-4+. The number of ether oxygens (including phenoxy) is 2. The van der Waals surface area contributed by atoms with Crippen molar-refractivity contribution in [3.8, 4) is 11.5 Å². The molecule has 0 heterocycles. The molecule has 1 N–H and O–H groups in total. The number of carbonyl (C=O) groups is 1. The van der Waals surface area contributed by atoms with Crippen molar-refractivity contribution in [2.24, 2.45) is 0 Å². The number of hydrogen-bond donors (Lipinski definition) is 1. The maximum absolute atomic E-state index is 12.1. The number of anilines is 1. The van der Waals surface area contributed by atoms with E-state index in [-0.39, 0.29) is 5.91 Å². The van der Waals surface area contributed by atoms with Gasteiger partial charge in [-0.25, -0.2) is 0 Å². The molecule has 0 fully saturated rings. The normalized spacial score (nSPS) is 10.6. The first-order chi connectivity index (χ1) is 11.0. The molecule has 1 amide bonds. The third-order valence-corrected chi connectivity index (χ3v) is 4.17. The number of benzene rings is 2. The van der Waals surface area contributed by atoms with E-state index in [1.54, 1.807) is 32.4 Å². The van der Waals surface area contributed by atoms with Crippen LogP contribution in [0, 0.1) is 6.92 Å². The van der Waals surface area contributed by atoms with Gasteiger partial charge in [-0.05, 0) is 55.0 Å². The van der Waals surface area contributed by atoms with Gasteiger partial charge in [0.2, 0.25) is 5.91 Å². The zero-order valence-electron chi connectivity index (χ0n) is 13.2. The van der Waals surface area contributed by atoms with Gasteiger partial charge in [-0.2, -0.15) is 0 Å². The molecule has 0 aliphatic carbocycles. The van der Waals surface area contributed by atoms with E-state index in [9.17, 15) is 4.79 Å². The molecular formula is C18H18BrNO3. The van der Waals surface area contributed by atoms with Gasteiger partial charge in [0.15, 0.2) is 0 Å². The SMILES string of the molecule is COc1ccc(OC)c(/C=C/C(=O)Nc2ccc(Br)c(C)c2)c1. The summed E-state index contributed by atoms with van der Waals surface area (Å²) >= 11 is 3.43. The molecule has 23 heavy (non-hydrogen) atoms. The third kappa shape index (κ3) is 4.60. The molecule has 120 valence electrons. The highest BCUT2D eigenvalue weighted by Crippen LogP contribution is 2.25. The highest BCUT2D eigenvalue weighted by atomic mass is 79.9. The Balaban J connectivity index is 2.13. The molecule has 5 heteroatoms. The van der Waals surface area contributed by atoms with Gasteiger partial charge in [0.1, 0.15) is 11.5 Å². The Kier molecular flexibility index (Phi) is 5.82. The zero-order valence-corrected chi connectivity index (χ0v) is 14.8. The van der Waals surface area contributed by atoms with Gasteiger partial charge in [0, 0.05) is 21.8 Å². The number of aryl methyl sites for hydroxylation is 1. The van der Waals surface area contributed by atoms with Crippen LogP contribution in [0.2, 0.25) is 0 Å². The van der Waals surface area contributed by atoms with Crippen LogP contribution < -0.4 is 14.8 Å². The van der Waals surface area contributed by atoms with Crippen LogP contribution in [0.1, 0.15) is 11.1 Å². The van der Waals surface area contributed by atoms with E-state index in [1.165, 1.54) is 6.08 Å². The van der Waals surface area contributed by atoms with Gasteiger partial charge in [-0.1, -0.05) is 15.9 Å². The molecule has 2 rings (SSSR count). The van der Waals surface area contributed by atoms with Crippen molar-refractivity contribution in [1.29, 1.82) is 0 Å². The molecule has 4 nitrogen and oxygen atoms in total. The maximum Gasteiger partial charge on any atom is 0.248 e. The summed E-state index contributed by atoms with van der Waals surface area (Å²) in [5.41, 5.74) is 2.58. The number of rotatable bonds is 5. The number of hydrogen-bond acceptors (Lipinski definition) is 3. The monoisotopic (exact) mass is 375 g/mol. The first-order valence-electron chi connectivity index (χ1n) is 7.00. The maximum atomic E-state index is 12.1. The number of methoxy groups -OCH3 is 2. The first kappa shape index (κ1) is 17.1. The molecule has 0 aliphatic rings. The van der Waals surface area contributed by atoms with E-state index >= 15 is 0 Å². The molecule has 0 bridgehead atoms. The second kappa shape index (κ2) is 7.83. The van der Waals surface area contributed by atoms with Crippen LogP contribution in [0.15, 0.2) is 46.9 Å². The predicted octanol–water partition coefficient (Wildman–Crippen LogP) is 4.43. The lowest BCUT2D eigenvalue weighted by molar-refractivity contribution is -0.111. The van der Waals surface area contributed by atoms with Gasteiger partial charge >= 0.3 is 0 Å². The molecule has 0 saturated carbocycles. The van der Waals surface area contributed by atoms with Crippen molar-refractivity contribution in [2.75, 3.05) is 19.5 Å². The Bertz CT molecular complexity index is 741. The fraction of sp³-hybridized carbons (Fsp3) is 0.167. The van der Waals surface area contributed by atoms with Crippen LogP contribution in [0.5, 0.6) is 11.5 Å². The minimum atomic E-state index is -0.211. The molecular weight excluding hydrogens is 358 g/mol. The van der Waals surface area contributed by atoms with Gasteiger partial charge in [-0.15, -0.1) is 0 Å². The van der Waals surface area contributed by atoms with Crippen LogP contribution in [0.3, 0.4) is 0 Å². The molecule has 0 atom stereocenters. The highest BCUT2D eigenvalue weighted by Gasteiger charge is 2.04. The summed E-state index contributed by atoms with van der Waals surface area (Å²) in [4.78, 5) is 12.1. The second-order valence-electron chi connectivity index (χ2n) is 4.89. The molecule has 0 aromatic heterocycles.